The maximum atomic E-state index is 5.42. The first kappa shape index (κ1) is 10.2. The summed E-state index contributed by atoms with van der Waals surface area (Å²) in [5, 5.41) is 7.48. The van der Waals surface area contributed by atoms with Crippen LogP contribution in [0.2, 0.25) is 0 Å². The molecular weight excluding hydrogens is 228 g/mol. The molecule has 3 heterocycles. The van der Waals surface area contributed by atoms with E-state index in [2.05, 4.69) is 20.4 Å². The summed E-state index contributed by atoms with van der Waals surface area (Å²) in [6.07, 6.45) is 5.89. The fourth-order valence-electron chi connectivity index (χ4n) is 2.93. The molecule has 5 nitrogen and oxygen atoms in total. The summed E-state index contributed by atoms with van der Waals surface area (Å²) in [5.74, 6) is 1.92. The van der Waals surface area contributed by atoms with Gasteiger partial charge in [-0.25, -0.2) is 0 Å². The van der Waals surface area contributed by atoms with E-state index in [-0.39, 0.29) is 0 Å². The van der Waals surface area contributed by atoms with Gasteiger partial charge in [-0.1, -0.05) is 5.16 Å². The molecule has 2 fully saturated rings. The third kappa shape index (κ3) is 1.47. The van der Waals surface area contributed by atoms with Crippen molar-refractivity contribution in [3.8, 4) is 11.4 Å². The Labute approximate surface area is 105 Å². The molecule has 4 rings (SSSR count). The summed E-state index contributed by atoms with van der Waals surface area (Å²) < 4.78 is 5.42. The maximum absolute atomic E-state index is 5.42. The van der Waals surface area contributed by atoms with Gasteiger partial charge in [-0.2, -0.15) is 4.98 Å². The lowest BCUT2D eigenvalue weighted by molar-refractivity contribution is 0.364. The third-order valence-corrected chi connectivity index (χ3v) is 4.14. The van der Waals surface area contributed by atoms with E-state index in [4.69, 9.17) is 4.52 Å². The van der Waals surface area contributed by atoms with Crippen molar-refractivity contribution in [2.45, 2.75) is 18.8 Å². The minimum Gasteiger partial charge on any atom is -0.339 e. The Morgan fingerprint density at radius 2 is 2.22 bits per heavy atom. The number of hydrogen-bond acceptors (Lipinski definition) is 5. The summed E-state index contributed by atoms with van der Waals surface area (Å²) in [6.45, 7) is 2.20. The monoisotopic (exact) mass is 242 g/mol. The van der Waals surface area contributed by atoms with Crippen molar-refractivity contribution >= 4 is 0 Å². The Hall–Kier alpha value is -1.75. The Morgan fingerprint density at radius 1 is 1.33 bits per heavy atom. The minimum absolute atomic E-state index is 0.405. The van der Waals surface area contributed by atoms with E-state index in [1.54, 1.807) is 12.4 Å². The third-order valence-electron chi connectivity index (χ3n) is 4.14. The summed E-state index contributed by atoms with van der Waals surface area (Å²) in [5.41, 5.74) is 1.36. The highest BCUT2D eigenvalue weighted by atomic mass is 16.5. The molecule has 1 spiro atoms. The van der Waals surface area contributed by atoms with Crippen LogP contribution in [0.25, 0.3) is 11.4 Å². The van der Waals surface area contributed by atoms with Crippen LogP contribution < -0.4 is 5.32 Å². The molecule has 1 aliphatic heterocycles. The van der Waals surface area contributed by atoms with Crippen molar-refractivity contribution < 1.29 is 4.52 Å². The van der Waals surface area contributed by atoms with E-state index in [1.807, 2.05) is 12.1 Å². The van der Waals surface area contributed by atoms with Gasteiger partial charge < -0.3 is 9.84 Å². The van der Waals surface area contributed by atoms with Crippen molar-refractivity contribution in [1.29, 1.82) is 0 Å². The molecule has 2 atom stereocenters. The molecule has 1 saturated carbocycles. The average Bonchev–Trinajstić information content (AvgIpc) is 2.82. The zero-order valence-electron chi connectivity index (χ0n) is 9.97. The molecule has 0 aromatic carbocycles. The predicted molar refractivity (Wildman–Crippen MR) is 64.8 cm³/mol. The molecule has 0 radical (unpaired) electrons. The van der Waals surface area contributed by atoms with Crippen molar-refractivity contribution in [2.75, 3.05) is 13.1 Å². The van der Waals surface area contributed by atoms with Crippen LogP contribution in [-0.2, 0) is 0 Å². The predicted octanol–water partition coefficient (Wildman–Crippen LogP) is 1.60. The number of pyridine rings is 1. The first-order valence-electron chi connectivity index (χ1n) is 6.32. The van der Waals surface area contributed by atoms with Crippen LogP contribution in [0.3, 0.4) is 0 Å². The van der Waals surface area contributed by atoms with Crippen molar-refractivity contribution in [2.24, 2.45) is 5.41 Å². The van der Waals surface area contributed by atoms with Gasteiger partial charge >= 0.3 is 0 Å². The van der Waals surface area contributed by atoms with E-state index in [1.165, 1.54) is 12.8 Å². The quantitative estimate of drug-likeness (QED) is 0.866. The lowest BCUT2D eigenvalue weighted by Gasteiger charge is -2.02. The Kier molecular flexibility index (Phi) is 2.05. The van der Waals surface area contributed by atoms with Crippen LogP contribution in [0, 0.1) is 5.41 Å². The van der Waals surface area contributed by atoms with Gasteiger partial charge in [0.25, 0.3) is 0 Å². The van der Waals surface area contributed by atoms with Crippen LogP contribution in [0.4, 0.5) is 0 Å². The van der Waals surface area contributed by atoms with Crippen LogP contribution in [0.5, 0.6) is 0 Å². The molecule has 0 amide bonds. The lowest BCUT2D eigenvalue weighted by atomic mass is 10.0. The highest BCUT2D eigenvalue weighted by Gasteiger charge is 2.58. The molecule has 2 aromatic heterocycles. The van der Waals surface area contributed by atoms with Crippen molar-refractivity contribution in [3.63, 3.8) is 0 Å². The highest BCUT2D eigenvalue weighted by molar-refractivity contribution is 5.52. The minimum atomic E-state index is 0.405. The van der Waals surface area contributed by atoms with Crippen molar-refractivity contribution in [3.05, 3.63) is 30.4 Å². The second kappa shape index (κ2) is 3.62. The number of aromatic nitrogens is 3. The van der Waals surface area contributed by atoms with E-state index >= 15 is 0 Å². The van der Waals surface area contributed by atoms with Gasteiger partial charge in [-0.05, 0) is 36.9 Å². The molecule has 2 unspecified atom stereocenters. The van der Waals surface area contributed by atoms with Crippen LogP contribution >= 0.6 is 0 Å². The zero-order chi connectivity index (χ0) is 12.0. The maximum Gasteiger partial charge on any atom is 0.230 e. The Bertz CT molecular complexity index is 559. The first-order valence-corrected chi connectivity index (χ1v) is 6.32. The highest BCUT2D eigenvalue weighted by Crippen LogP contribution is 2.62. The van der Waals surface area contributed by atoms with E-state index in [0.717, 1.165) is 24.5 Å². The molecule has 2 aromatic rings. The molecule has 2 aliphatic rings. The summed E-state index contributed by atoms with van der Waals surface area (Å²) in [7, 11) is 0. The van der Waals surface area contributed by atoms with Crippen LogP contribution in [0.15, 0.2) is 29.0 Å². The number of rotatable bonds is 2. The van der Waals surface area contributed by atoms with Gasteiger partial charge in [0.15, 0.2) is 0 Å². The van der Waals surface area contributed by atoms with Crippen molar-refractivity contribution in [1.82, 2.24) is 20.4 Å². The number of nitrogens with zero attached hydrogens (tertiary/aromatic N) is 3. The Balaban J connectivity index is 1.60. The van der Waals surface area contributed by atoms with E-state index in [9.17, 15) is 0 Å². The normalized spacial score (nSPS) is 29.9. The average molecular weight is 242 g/mol. The van der Waals surface area contributed by atoms with E-state index < -0.39 is 0 Å². The smallest absolute Gasteiger partial charge is 0.230 e. The fourth-order valence-corrected chi connectivity index (χ4v) is 2.93. The van der Waals surface area contributed by atoms with Gasteiger partial charge in [0.1, 0.15) is 0 Å². The first-order chi connectivity index (χ1) is 8.87. The molecule has 1 N–H and O–H groups in total. The summed E-state index contributed by atoms with van der Waals surface area (Å²) >= 11 is 0. The van der Waals surface area contributed by atoms with Gasteiger partial charge in [0.05, 0.1) is 0 Å². The topological polar surface area (TPSA) is 63.8 Å². The van der Waals surface area contributed by atoms with E-state index in [0.29, 0.717) is 17.2 Å². The summed E-state index contributed by atoms with van der Waals surface area (Å²) in [4.78, 5) is 8.52. The molecule has 1 aliphatic carbocycles. The Morgan fingerprint density at radius 3 is 3.00 bits per heavy atom. The molecule has 0 bridgehead atoms. The summed E-state index contributed by atoms with van der Waals surface area (Å²) in [6, 6.07) is 3.79. The standard InChI is InChI=1S/C13H14N4O/c1-4-14-5-2-9(1)11-16-12(18-17-11)10-7-13(10)3-6-15-8-13/h1-2,4-5,10,15H,3,6-8H2. The van der Waals surface area contributed by atoms with Gasteiger partial charge in [0.2, 0.25) is 11.7 Å². The lowest BCUT2D eigenvalue weighted by Crippen LogP contribution is -2.10. The number of nitrogens with one attached hydrogen (secondary N) is 1. The SMILES string of the molecule is c1cc(-c2noc(C3CC34CCNC4)n2)ccn1. The molecule has 1 saturated heterocycles. The molecule has 5 heteroatoms. The molecule has 92 valence electrons. The largest absolute Gasteiger partial charge is 0.339 e. The zero-order valence-corrected chi connectivity index (χ0v) is 9.97. The van der Waals surface area contributed by atoms with Gasteiger partial charge in [-0.3, -0.25) is 4.98 Å². The second-order valence-electron chi connectivity index (χ2n) is 5.24. The van der Waals surface area contributed by atoms with Crippen LogP contribution in [-0.4, -0.2) is 28.2 Å². The molecular formula is C13H14N4O. The van der Waals surface area contributed by atoms with Gasteiger partial charge in [0, 0.05) is 30.4 Å². The molecule has 18 heavy (non-hydrogen) atoms. The fraction of sp³-hybridized carbons (Fsp3) is 0.462. The van der Waals surface area contributed by atoms with Gasteiger partial charge in [-0.15, -0.1) is 0 Å². The van der Waals surface area contributed by atoms with Crippen LogP contribution in [0.1, 0.15) is 24.7 Å². The second-order valence-corrected chi connectivity index (χ2v) is 5.24. The number of hydrogen-bond donors (Lipinski definition) is 1.